The predicted molar refractivity (Wildman–Crippen MR) is 93.5 cm³/mol. The molecular weight excluding hydrogens is 314 g/mol. The molecule has 0 spiro atoms. The van der Waals surface area contributed by atoms with Gasteiger partial charge < -0.3 is 9.47 Å². The number of aromatic nitrogens is 4. The maximum atomic E-state index is 13.0. The molecule has 0 N–H and O–H groups in total. The van der Waals surface area contributed by atoms with Gasteiger partial charge in [0.25, 0.3) is 0 Å². The first-order chi connectivity index (χ1) is 12.2. The molecule has 0 fully saturated rings. The smallest absolute Gasteiger partial charge is 0.223 e. The minimum absolute atomic E-state index is 0.0435. The van der Waals surface area contributed by atoms with Crippen LogP contribution in [0.3, 0.4) is 0 Å². The van der Waals surface area contributed by atoms with Gasteiger partial charge in [-0.15, -0.1) is 0 Å². The van der Waals surface area contributed by atoms with Crippen LogP contribution < -0.4 is 0 Å². The average molecular weight is 335 g/mol. The van der Waals surface area contributed by atoms with Crippen molar-refractivity contribution in [3.63, 3.8) is 0 Å². The van der Waals surface area contributed by atoms with Crippen LogP contribution >= 0.6 is 0 Å². The van der Waals surface area contributed by atoms with E-state index < -0.39 is 0 Å². The Morgan fingerprint density at radius 1 is 1.20 bits per heavy atom. The Kier molecular flexibility index (Phi) is 4.09. The molecule has 0 unspecified atom stereocenters. The van der Waals surface area contributed by atoms with E-state index >= 15 is 0 Å². The van der Waals surface area contributed by atoms with Crippen LogP contribution in [0.1, 0.15) is 29.5 Å². The van der Waals surface area contributed by atoms with Crippen LogP contribution in [0.25, 0.3) is 0 Å². The van der Waals surface area contributed by atoms with E-state index in [9.17, 15) is 4.79 Å². The van der Waals surface area contributed by atoms with Gasteiger partial charge in [-0.2, -0.15) is 5.10 Å². The predicted octanol–water partition coefficient (Wildman–Crippen LogP) is 2.33. The lowest BCUT2D eigenvalue weighted by Gasteiger charge is -2.36. The molecule has 0 radical (unpaired) electrons. The van der Waals surface area contributed by atoms with Crippen LogP contribution in [0.15, 0.2) is 55.0 Å². The molecule has 0 aliphatic carbocycles. The van der Waals surface area contributed by atoms with Crippen LogP contribution in [0.2, 0.25) is 0 Å². The Balaban J connectivity index is 1.56. The minimum atomic E-state index is 0.0435. The first-order valence-electron chi connectivity index (χ1n) is 8.53. The standard InChI is InChI=1S/C19H21N5O/c1-22-16(9-10-21-22)7-8-19(25)24-14-18-20-11-12-23(18)13-17(24)15-5-3-2-4-6-15/h2-6,9-12,17H,7-8,13-14H2,1H3/t17-/m0/s1. The van der Waals surface area contributed by atoms with E-state index in [1.807, 2.05) is 47.1 Å². The molecule has 0 saturated carbocycles. The molecule has 25 heavy (non-hydrogen) atoms. The SMILES string of the molecule is Cn1nccc1CCC(=O)N1Cc2nccn2C[C@H]1c1ccccc1. The van der Waals surface area contributed by atoms with Crippen LogP contribution in [-0.4, -0.2) is 30.1 Å². The Bertz CT molecular complexity index is 867. The zero-order valence-corrected chi connectivity index (χ0v) is 14.2. The molecule has 2 aromatic heterocycles. The molecule has 3 heterocycles. The minimum Gasteiger partial charge on any atom is -0.331 e. The van der Waals surface area contributed by atoms with Gasteiger partial charge >= 0.3 is 0 Å². The van der Waals surface area contributed by atoms with Crippen LogP contribution in [0.5, 0.6) is 0 Å². The average Bonchev–Trinajstić information content (AvgIpc) is 3.27. The maximum Gasteiger partial charge on any atom is 0.223 e. The highest BCUT2D eigenvalue weighted by molar-refractivity contribution is 5.77. The zero-order chi connectivity index (χ0) is 17.2. The largest absolute Gasteiger partial charge is 0.331 e. The molecule has 1 amide bonds. The zero-order valence-electron chi connectivity index (χ0n) is 14.2. The summed E-state index contributed by atoms with van der Waals surface area (Å²) in [5.74, 6) is 1.10. The lowest BCUT2D eigenvalue weighted by molar-refractivity contribution is -0.135. The number of carbonyl (C=O) groups excluding carboxylic acids is 1. The van der Waals surface area contributed by atoms with Crippen molar-refractivity contribution in [2.24, 2.45) is 7.05 Å². The number of hydrogen-bond donors (Lipinski definition) is 0. The summed E-state index contributed by atoms with van der Waals surface area (Å²) < 4.78 is 3.97. The van der Waals surface area contributed by atoms with Gasteiger partial charge in [-0.25, -0.2) is 4.98 Å². The molecule has 4 rings (SSSR count). The van der Waals surface area contributed by atoms with Gasteiger partial charge in [-0.1, -0.05) is 30.3 Å². The van der Waals surface area contributed by atoms with E-state index in [1.54, 1.807) is 12.4 Å². The summed E-state index contributed by atoms with van der Waals surface area (Å²) in [5.41, 5.74) is 2.24. The van der Waals surface area contributed by atoms with Gasteiger partial charge in [0, 0.05) is 44.3 Å². The number of aryl methyl sites for hydroxylation is 2. The number of carbonyl (C=O) groups is 1. The molecule has 6 nitrogen and oxygen atoms in total. The molecule has 1 atom stereocenters. The number of hydrogen-bond acceptors (Lipinski definition) is 3. The molecule has 128 valence electrons. The van der Waals surface area contributed by atoms with Crippen LogP contribution in [0.4, 0.5) is 0 Å². The topological polar surface area (TPSA) is 56.0 Å². The second-order valence-corrected chi connectivity index (χ2v) is 6.39. The van der Waals surface area contributed by atoms with Gasteiger partial charge in [0.05, 0.1) is 12.6 Å². The van der Waals surface area contributed by atoms with E-state index in [2.05, 4.69) is 26.8 Å². The monoisotopic (exact) mass is 335 g/mol. The quantitative estimate of drug-likeness (QED) is 0.735. The van der Waals surface area contributed by atoms with Crippen molar-refractivity contribution in [1.29, 1.82) is 0 Å². The Morgan fingerprint density at radius 2 is 2.04 bits per heavy atom. The lowest BCUT2D eigenvalue weighted by atomic mass is 10.0. The van der Waals surface area contributed by atoms with E-state index in [0.29, 0.717) is 19.4 Å². The summed E-state index contributed by atoms with van der Waals surface area (Å²) in [7, 11) is 1.91. The third-order valence-electron chi connectivity index (χ3n) is 4.88. The summed E-state index contributed by atoms with van der Waals surface area (Å²) in [6.07, 6.45) is 6.74. The van der Waals surface area contributed by atoms with Crippen LogP contribution in [-0.2, 0) is 31.4 Å². The van der Waals surface area contributed by atoms with Crippen molar-refractivity contribution in [2.45, 2.75) is 32.0 Å². The summed E-state index contributed by atoms with van der Waals surface area (Å²) in [5, 5.41) is 4.17. The summed E-state index contributed by atoms with van der Waals surface area (Å²) in [4.78, 5) is 19.3. The van der Waals surface area contributed by atoms with E-state index in [1.165, 1.54) is 0 Å². The number of rotatable bonds is 4. The first kappa shape index (κ1) is 15.6. The Morgan fingerprint density at radius 3 is 2.80 bits per heavy atom. The second-order valence-electron chi connectivity index (χ2n) is 6.39. The van der Waals surface area contributed by atoms with Crippen molar-refractivity contribution < 1.29 is 4.79 Å². The second kappa shape index (κ2) is 6.55. The molecule has 1 aliphatic rings. The highest BCUT2D eigenvalue weighted by Gasteiger charge is 2.31. The fraction of sp³-hybridized carbons (Fsp3) is 0.316. The molecule has 3 aromatic rings. The Hall–Kier alpha value is -2.89. The first-order valence-corrected chi connectivity index (χ1v) is 8.53. The highest BCUT2D eigenvalue weighted by atomic mass is 16.2. The van der Waals surface area contributed by atoms with Crippen molar-refractivity contribution >= 4 is 5.91 Å². The van der Waals surface area contributed by atoms with Gasteiger partial charge in [-0.05, 0) is 18.1 Å². The van der Waals surface area contributed by atoms with Gasteiger partial charge in [0.1, 0.15) is 5.82 Å². The fourth-order valence-electron chi connectivity index (χ4n) is 3.45. The number of nitrogens with zero attached hydrogens (tertiary/aromatic N) is 5. The van der Waals surface area contributed by atoms with Gasteiger partial charge in [0.15, 0.2) is 0 Å². The van der Waals surface area contributed by atoms with E-state index in [4.69, 9.17) is 0 Å². The van der Waals surface area contributed by atoms with E-state index in [-0.39, 0.29) is 11.9 Å². The number of amides is 1. The molecular formula is C19H21N5O. The molecule has 1 aliphatic heterocycles. The maximum absolute atomic E-state index is 13.0. The van der Waals surface area contributed by atoms with Crippen molar-refractivity contribution in [2.75, 3.05) is 0 Å². The molecule has 0 bridgehead atoms. The number of benzene rings is 1. The van der Waals surface area contributed by atoms with Gasteiger partial charge in [-0.3, -0.25) is 9.48 Å². The summed E-state index contributed by atoms with van der Waals surface area (Å²) >= 11 is 0. The van der Waals surface area contributed by atoms with E-state index in [0.717, 1.165) is 23.6 Å². The summed E-state index contributed by atoms with van der Waals surface area (Å²) in [6, 6.07) is 12.2. The number of fused-ring (bicyclic) bond motifs is 1. The molecule has 6 heteroatoms. The van der Waals surface area contributed by atoms with Crippen molar-refractivity contribution in [3.8, 4) is 0 Å². The fourth-order valence-corrected chi connectivity index (χ4v) is 3.45. The highest BCUT2D eigenvalue weighted by Crippen LogP contribution is 2.29. The third-order valence-corrected chi connectivity index (χ3v) is 4.88. The molecule has 1 aromatic carbocycles. The lowest BCUT2D eigenvalue weighted by Crippen LogP contribution is -2.41. The normalized spacial score (nSPS) is 16.7. The van der Waals surface area contributed by atoms with Crippen LogP contribution in [0, 0.1) is 0 Å². The third kappa shape index (κ3) is 3.07. The van der Waals surface area contributed by atoms with Crippen molar-refractivity contribution in [3.05, 3.63) is 72.1 Å². The molecule has 0 saturated heterocycles. The summed E-state index contributed by atoms with van der Waals surface area (Å²) in [6.45, 7) is 1.30. The van der Waals surface area contributed by atoms with Gasteiger partial charge in [0.2, 0.25) is 5.91 Å². The number of imidazole rings is 1. The Labute approximate surface area is 146 Å². The van der Waals surface area contributed by atoms with Crippen molar-refractivity contribution in [1.82, 2.24) is 24.2 Å².